The quantitative estimate of drug-likeness (QED) is 0.709. The number of nitrogens with two attached hydrogens (primary N) is 1. The summed E-state index contributed by atoms with van der Waals surface area (Å²) in [6.45, 7) is 1.72. The Labute approximate surface area is 103 Å². The molecule has 0 bridgehead atoms. The van der Waals surface area contributed by atoms with Gasteiger partial charge in [-0.15, -0.1) is 0 Å². The number of amides is 1. The molecule has 4 heteroatoms. The van der Waals surface area contributed by atoms with Gasteiger partial charge in [0.1, 0.15) is 5.54 Å². The summed E-state index contributed by atoms with van der Waals surface area (Å²) in [6.07, 6.45) is 8.49. The van der Waals surface area contributed by atoms with E-state index in [2.05, 4.69) is 5.32 Å². The van der Waals surface area contributed by atoms with Crippen molar-refractivity contribution in [3.63, 3.8) is 0 Å². The second kappa shape index (κ2) is 5.83. The second-order valence-electron chi connectivity index (χ2n) is 5.51. The van der Waals surface area contributed by atoms with Crippen LogP contribution >= 0.6 is 0 Å². The van der Waals surface area contributed by atoms with Gasteiger partial charge in [-0.25, -0.2) is 0 Å². The number of hydrogen-bond acceptors (Lipinski definition) is 3. The van der Waals surface area contributed by atoms with Crippen LogP contribution in [0.5, 0.6) is 0 Å². The van der Waals surface area contributed by atoms with E-state index in [1.165, 1.54) is 32.1 Å². The van der Waals surface area contributed by atoms with Crippen LogP contribution in [0.15, 0.2) is 0 Å². The Kier molecular flexibility index (Phi) is 4.40. The molecule has 0 spiro atoms. The molecule has 1 amide bonds. The van der Waals surface area contributed by atoms with Gasteiger partial charge in [-0.3, -0.25) is 4.79 Å². The van der Waals surface area contributed by atoms with Gasteiger partial charge in [0.25, 0.3) is 0 Å². The third-order valence-corrected chi connectivity index (χ3v) is 4.05. The minimum absolute atomic E-state index is 0.0404. The lowest BCUT2D eigenvalue weighted by atomic mass is 9.98. The molecule has 0 radical (unpaired) electrons. The van der Waals surface area contributed by atoms with Gasteiger partial charge in [0.2, 0.25) is 5.91 Å². The SMILES string of the molecule is NC1(C(=O)NCCCC2CCCC2)CCOC1. The maximum absolute atomic E-state index is 11.8. The molecule has 0 aromatic carbocycles. The molecular formula is C13H24N2O2. The molecule has 17 heavy (non-hydrogen) atoms. The van der Waals surface area contributed by atoms with Crippen LogP contribution in [-0.2, 0) is 9.53 Å². The molecule has 2 fully saturated rings. The van der Waals surface area contributed by atoms with Crippen LogP contribution in [0.1, 0.15) is 44.9 Å². The number of hydrogen-bond donors (Lipinski definition) is 2. The molecule has 1 heterocycles. The summed E-state index contributed by atoms with van der Waals surface area (Å²) in [7, 11) is 0. The van der Waals surface area contributed by atoms with Crippen molar-refractivity contribution < 1.29 is 9.53 Å². The largest absolute Gasteiger partial charge is 0.379 e. The van der Waals surface area contributed by atoms with Gasteiger partial charge < -0.3 is 15.8 Å². The fourth-order valence-corrected chi connectivity index (χ4v) is 2.83. The Balaban J connectivity index is 1.59. The Bertz CT molecular complexity index is 256. The topological polar surface area (TPSA) is 64.4 Å². The zero-order valence-electron chi connectivity index (χ0n) is 10.5. The lowest BCUT2D eigenvalue weighted by molar-refractivity contribution is -0.126. The van der Waals surface area contributed by atoms with E-state index < -0.39 is 5.54 Å². The molecule has 1 atom stereocenters. The third-order valence-electron chi connectivity index (χ3n) is 4.05. The second-order valence-corrected chi connectivity index (χ2v) is 5.51. The van der Waals surface area contributed by atoms with Crippen molar-refractivity contribution in [2.75, 3.05) is 19.8 Å². The summed E-state index contributed by atoms with van der Waals surface area (Å²) in [5.74, 6) is 0.856. The van der Waals surface area contributed by atoms with Crippen LogP contribution < -0.4 is 11.1 Å². The van der Waals surface area contributed by atoms with Crippen molar-refractivity contribution in [3.8, 4) is 0 Å². The van der Waals surface area contributed by atoms with Crippen molar-refractivity contribution >= 4 is 5.91 Å². The van der Waals surface area contributed by atoms with Crippen molar-refractivity contribution in [2.24, 2.45) is 11.7 Å². The molecule has 1 saturated carbocycles. The summed E-state index contributed by atoms with van der Waals surface area (Å²) in [5.41, 5.74) is 5.20. The monoisotopic (exact) mass is 240 g/mol. The Morgan fingerprint density at radius 3 is 2.82 bits per heavy atom. The third kappa shape index (κ3) is 3.42. The van der Waals surface area contributed by atoms with E-state index in [4.69, 9.17) is 10.5 Å². The van der Waals surface area contributed by atoms with Gasteiger partial charge in [-0.1, -0.05) is 25.7 Å². The highest BCUT2D eigenvalue weighted by Crippen LogP contribution is 2.28. The van der Waals surface area contributed by atoms with Crippen molar-refractivity contribution in [3.05, 3.63) is 0 Å². The first-order valence-electron chi connectivity index (χ1n) is 6.86. The predicted octanol–water partition coefficient (Wildman–Crippen LogP) is 1.19. The zero-order valence-corrected chi connectivity index (χ0v) is 10.5. The van der Waals surface area contributed by atoms with E-state index >= 15 is 0 Å². The van der Waals surface area contributed by atoms with Crippen LogP contribution in [0.2, 0.25) is 0 Å². The number of rotatable bonds is 5. The molecule has 1 unspecified atom stereocenters. The van der Waals surface area contributed by atoms with E-state index in [1.54, 1.807) is 0 Å². The predicted molar refractivity (Wildman–Crippen MR) is 66.6 cm³/mol. The standard InChI is InChI=1S/C13H24N2O2/c14-13(7-9-17-10-13)12(16)15-8-3-6-11-4-1-2-5-11/h11H,1-10,14H2,(H,15,16). The number of ether oxygens (including phenoxy) is 1. The lowest BCUT2D eigenvalue weighted by Crippen LogP contribution is -2.54. The molecule has 2 aliphatic rings. The minimum atomic E-state index is -0.770. The van der Waals surface area contributed by atoms with Crippen molar-refractivity contribution in [1.82, 2.24) is 5.32 Å². The van der Waals surface area contributed by atoms with Crippen molar-refractivity contribution in [2.45, 2.75) is 50.5 Å². The Morgan fingerprint density at radius 1 is 1.41 bits per heavy atom. The van der Waals surface area contributed by atoms with Gasteiger partial charge in [0, 0.05) is 13.2 Å². The summed E-state index contributed by atoms with van der Waals surface area (Å²) < 4.78 is 5.18. The maximum Gasteiger partial charge on any atom is 0.242 e. The lowest BCUT2D eigenvalue weighted by Gasteiger charge is -2.20. The van der Waals surface area contributed by atoms with Crippen molar-refractivity contribution in [1.29, 1.82) is 0 Å². The molecule has 2 rings (SSSR count). The van der Waals surface area contributed by atoms with Gasteiger partial charge in [-0.05, 0) is 25.2 Å². The molecule has 4 nitrogen and oxygen atoms in total. The first kappa shape index (κ1) is 12.8. The molecular weight excluding hydrogens is 216 g/mol. The highest BCUT2D eigenvalue weighted by atomic mass is 16.5. The molecule has 98 valence electrons. The Hall–Kier alpha value is -0.610. The minimum Gasteiger partial charge on any atom is -0.379 e. The molecule has 0 aromatic heterocycles. The fourth-order valence-electron chi connectivity index (χ4n) is 2.83. The summed E-state index contributed by atoms with van der Waals surface area (Å²) in [4.78, 5) is 11.8. The van der Waals surface area contributed by atoms with Crippen LogP contribution in [-0.4, -0.2) is 31.2 Å². The fraction of sp³-hybridized carbons (Fsp3) is 0.923. The van der Waals surface area contributed by atoms with Crippen LogP contribution in [0.3, 0.4) is 0 Å². The van der Waals surface area contributed by atoms with Gasteiger partial charge in [-0.2, -0.15) is 0 Å². The summed E-state index contributed by atoms with van der Waals surface area (Å²) in [5, 5.41) is 2.95. The molecule has 0 aromatic rings. The van der Waals surface area contributed by atoms with Gasteiger partial charge in [0.15, 0.2) is 0 Å². The van der Waals surface area contributed by atoms with Gasteiger partial charge in [0.05, 0.1) is 6.61 Å². The highest BCUT2D eigenvalue weighted by molar-refractivity contribution is 5.86. The number of carbonyl (C=O) groups excluding carboxylic acids is 1. The van der Waals surface area contributed by atoms with E-state index in [-0.39, 0.29) is 5.91 Å². The Morgan fingerprint density at radius 2 is 2.18 bits per heavy atom. The molecule has 1 aliphatic heterocycles. The summed E-state index contributed by atoms with van der Waals surface area (Å²) in [6, 6.07) is 0. The number of nitrogens with one attached hydrogen (secondary N) is 1. The average Bonchev–Trinajstić information content (AvgIpc) is 2.96. The first-order chi connectivity index (χ1) is 8.21. The van der Waals surface area contributed by atoms with Crippen LogP contribution in [0.25, 0.3) is 0 Å². The average molecular weight is 240 g/mol. The summed E-state index contributed by atoms with van der Waals surface area (Å²) >= 11 is 0. The smallest absolute Gasteiger partial charge is 0.242 e. The maximum atomic E-state index is 11.8. The van der Waals surface area contributed by atoms with Crippen LogP contribution in [0, 0.1) is 5.92 Å². The molecule has 3 N–H and O–H groups in total. The molecule has 1 aliphatic carbocycles. The molecule has 1 saturated heterocycles. The van der Waals surface area contributed by atoms with E-state index in [0.717, 1.165) is 18.9 Å². The zero-order chi connectivity index (χ0) is 12.1. The van der Waals surface area contributed by atoms with E-state index in [9.17, 15) is 4.79 Å². The normalized spacial score (nSPS) is 29.7. The first-order valence-corrected chi connectivity index (χ1v) is 6.86. The number of carbonyl (C=O) groups is 1. The van der Waals surface area contributed by atoms with Gasteiger partial charge >= 0.3 is 0 Å². The van der Waals surface area contributed by atoms with E-state index in [1.807, 2.05) is 0 Å². The van der Waals surface area contributed by atoms with Crippen LogP contribution in [0.4, 0.5) is 0 Å². The highest BCUT2D eigenvalue weighted by Gasteiger charge is 2.37. The van der Waals surface area contributed by atoms with E-state index in [0.29, 0.717) is 19.6 Å².